The number of nitrogens with zero attached hydrogens (tertiary/aromatic N) is 2. The van der Waals surface area contributed by atoms with Gasteiger partial charge in [0, 0.05) is 30.2 Å². The molecule has 0 bridgehead atoms. The van der Waals surface area contributed by atoms with Gasteiger partial charge in [-0.25, -0.2) is 4.79 Å². The summed E-state index contributed by atoms with van der Waals surface area (Å²) in [7, 11) is 2.13. The fourth-order valence-electron chi connectivity index (χ4n) is 3.56. The fourth-order valence-corrected chi connectivity index (χ4v) is 3.56. The van der Waals surface area contributed by atoms with Gasteiger partial charge in [-0.15, -0.1) is 0 Å². The van der Waals surface area contributed by atoms with Gasteiger partial charge in [0.2, 0.25) is 0 Å². The molecule has 1 amide bonds. The number of hydrogen-bond donors (Lipinski definition) is 2. The molecule has 2 atom stereocenters. The van der Waals surface area contributed by atoms with E-state index in [0.29, 0.717) is 30.6 Å². The van der Waals surface area contributed by atoms with Crippen molar-refractivity contribution in [1.29, 1.82) is 5.26 Å². The Labute approximate surface area is 154 Å². The Morgan fingerprint density at radius 1 is 1.50 bits per heavy atom. The molecule has 1 aromatic carbocycles. The first-order valence-corrected chi connectivity index (χ1v) is 9.22. The van der Waals surface area contributed by atoms with E-state index in [1.54, 1.807) is 6.92 Å². The normalized spacial score (nSPS) is 18.7. The van der Waals surface area contributed by atoms with Crippen molar-refractivity contribution in [3.63, 3.8) is 0 Å². The lowest BCUT2D eigenvalue weighted by atomic mass is 10.1. The Balaban J connectivity index is 1.46. The lowest BCUT2D eigenvalue weighted by Crippen LogP contribution is -2.29. The molecule has 1 aromatic heterocycles. The van der Waals surface area contributed by atoms with E-state index in [1.165, 1.54) is 17.4 Å². The highest BCUT2D eigenvalue weighted by Crippen LogP contribution is 2.49. The maximum absolute atomic E-state index is 11.2. The van der Waals surface area contributed by atoms with Gasteiger partial charge in [-0.05, 0) is 69.0 Å². The molecule has 1 heterocycles. The number of ether oxygens (including phenoxy) is 1. The molecule has 2 N–H and O–H groups in total. The molecule has 1 aliphatic carbocycles. The zero-order valence-corrected chi connectivity index (χ0v) is 15.4. The molecule has 1 fully saturated rings. The Kier molecular flexibility index (Phi) is 5.79. The summed E-state index contributed by atoms with van der Waals surface area (Å²) in [4.78, 5) is 16.9. The first kappa shape index (κ1) is 18.3. The van der Waals surface area contributed by atoms with Gasteiger partial charge in [-0.3, -0.25) is 0 Å². The van der Waals surface area contributed by atoms with Crippen LogP contribution in [0.25, 0.3) is 10.9 Å². The van der Waals surface area contributed by atoms with Crippen LogP contribution in [0.3, 0.4) is 0 Å². The van der Waals surface area contributed by atoms with Gasteiger partial charge < -0.3 is 19.9 Å². The Bertz CT molecular complexity index is 808. The van der Waals surface area contributed by atoms with Gasteiger partial charge in [-0.1, -0.05) is 0 Å². The van der Waals surface area contributed by atoms with Crippen LogP contribution in [0.5, 0.6) is 0 Å². The van der Waals surface area contributed by atoms with Crippen molar-refractivity contribution in [2.75, 3.05) is 33.3 Å². The SMILES string of the molecule is CCOC(=O)NCCCN(C)CC1CC1c1c[nH]c2ccc(C#N)cc12. The van der Waals surface area contributed by atoms with E-state index in [1.807, 2.05) is 18.2 Å². The van der Waals surface area contributed by atoms with Crippen LogP contribution >= 0.6 is 0 Å². The zero-order valence-electron chi connectivity index (χ0n) is 15.4. The molecule has 6 nitrogen and oxygen atoms in total. The lowest BCUT2D eigenvalue weighted by Gasteiger charge is -2.16. The Hall–Kier alpha value is -2.52. The largest absolute Gasteiger partial charge is 0.450 e. The van der Waals surface area contributed by atoms with Crippen LogP contribution in [0, 0.1) is 17.2 Å². The molecule has 1 aliphatic rings. The van der Waals surface area contributed by atoms with E-state index in [-0.39, 0.29) is 6.09 Å². The van der Waals surface area contributed by atoms with Crippen LogP contribution < -0.4 is 5.32 Å². The highest BCUT2D eigenvalue weighted by molar-refractivity contribution is 5.85. The molecule has 1 saturated carbocycles. The molecule has 138 valence electrons. The second-order valence-corrected chi connectivity index (χ2v) is 6.98. The van der Waals surface area contributed by atoms with Crippen molar-refractivity contribution >= 4 is 17.0 Å². The average Bonchev–Trinajstić information content (AvgIpc) is 3.25. The number of carbonyl (C=O) groups is 1. The number of nitriles is 1. The summed E-state index contributed by atoms with van der Waals surface area (Å²) in [6.45, 7) is 4.83. The average molecular weight is 354 g/mol. The number of alkyl carbamates (subject to hydrolysis) is 1. The van der Waals surface area contributed by atoms with Crippen LogP contribution in [-0.2, 0) is 4.74 Å². The van der Waals surface area contributed by atoms with E-state index in [2.05, 4.69) is 34.5 Å². The Morgan fingerprint density at radius 3 is 3.12 bits per heavy atom. The zero-order chi connectivity index (χ0) is 18.5. The summed E-state index contributed by atoms with van der Waals surface area (Å²) in [5.41, 5.74) is 3.14. The number of rotatable bonds is 8. The first-order chi connectivity index (χ1) is 12.6. The fraction of sp³-hybridized carbons (Fsp3) is 0.500. The number of hydrogen-bond acceptors (Lipinski definition) is 4. The molecule has 0 aliphatic heterocycles. The summed E-state index contributed by atoms with van der Waals surface area (Å²) >= 11 is 0. The molecular weight excluding hydrogens is 328 g/mol. The van der Waals surface area contributed by atoms with E-state index < -0.39 is 0 Å². The van der Waals surface area contributed by atoms with Crippen molar-refractivity contribution in [2.24, 2.45) is 5.92 Å². The van der Waals surface area contributed by atoms with Crippen LogP contribution in [0.4, 0.5) is 4.79 Å². The number of amides is 1. The molecule has 3 rings (SSSR count). The summed E-state index contributed by atoms with van der Waals surface area (Å²) in [5.74, 6) is 1.22. The van der Waals surface area contributed by atoms with Gasteiger partial charge in [0.15, 0.2) is 0 Å². The summed E-state index contributed by atoms with van der Waals surface area (Å²) < 4.78 is 4.84. The van der Waals surface area contributed by atoms with E-state index in [0.717, 1.165) is 25.0 Å². The molecule has 2 unspecified atom stereocenters. The van der Waals surface area contributed by atoms with Gasteiger partial charge in [-0.2, -0.15) is 5.26 Å². The van der Waals surface area contributed by atoms with Crippen molar-refractivity contribution in [3.05, 3.63) is 35.5 Å². The third-order valence-electron chi connectivity index (χ3n) is 4.97. The number of H-pyrrole nitrogens is 1. The molecule has 0 saturated heterocycles. The maximum atomic E-state index is 11.2. The minimum absolute atomic E-state index is 0.339. The maximum Gasteiger partial charge on any atom is 0.407 e. The van der Waals surface area contributed by atoms with Crippen LogP contribution in [0.2, 0.25) is 0 Å². The van der Waals surface area contributed by atoms with Gasteiger partial charge in [0.1, 0.15) is 0 Å². The quantitative estimate of drug-likeness (QED) is 0.713. The summed E-state index contributed by atoms with van der Waals surface area (Å²) in [6, 6.07) is 8.05. The first-order valence-electron chi connectivity index (χ1n) is 9.22. The lowest BCUT2D eigenvalue weighted by molar-refractivity contribution is 0.151. The second kappa shape index (κ2) is 8.24. The van der Waals surface area contributed by atoms with E-state index in [9.17, 15) is 4.79 Å². The van der Waals surface area contributed by atoms with E-state index in [4.69, 9.17) is 10.00 Å². The van der Waals surface area contributed by atoms with Gasteiger partial charge >= 0.3 is 6.09 Å². The molecule has 6 heteroatoms. The van der Waals surface area contributed by atoms with Crippen LogP contribution in [0.1, 0.15) is 36.8 Å². The van der Waals surface area contributed by atoms with E-state index >= 15 is 0 Å². The number of aromatic nitrogens is 1. The predicted molar refractivity (Wildman–Crippen MR) is 101 cm³/mol. The van der Waals surface area contributed by atoms with Crippen molar-refractivity contribution in [2.45, 2.75) is 25.7 Å². The minimum Gasteiger partial charge on any atom is -0.450 e. The molecule has 26 heavy (non-hydrogen) atoms. The highest BCUT2D eigenvalue weighted by Gasteiger charge is 2.40. The second-order valence-electron chi connectivity index (χ2n) is 6.98. The van der Waals surface area contributed by atoms with Gasteiger partial charge in [0.25, 0.3) is 0 Å². The third-order valence-corrected chi connectivity index (χ3v) is 4.97. The van der Waals surface area contributed by atoms with Gasteiger partial charge in [0.05, 0.1) is 18.2 Å². The number of fused-ring (bicyclic) bond motifs is 1. The van der Waals surface area contributed by atoms with Crippen LogP contribution in [0.15, 0.2) is 24.4 Å². The molecule has 2 aromatic rings. The molecule has 0 spiro atoms. The third kappa shape index (κ3) is 4.36. The van der Waals surface area contributed by atoms with Crippen LogP contribution in [-0.4, -0.2) is 49.3 Å². The molecular formula is C20H26N4O2. The van der Waals surface area contributed by atoms with Crippen molar-refractivity contribution < 1.29 is 9.53 Å². The smallest absolute Gasteiger partial charge is 0.407 e. The predicted octanol–water partition coefficient (Wildman–Crippen LogP) is 3.21. The molecule has 0 radical (unpaired) electrons. The summed E-state index contributed by atoms with van der Waals surface area (Å²) in [6.07, 6.45) is 3.86. The number of carbonyl (C=O) groups excluding carboxylic acids is 1. The Morgan fingerprint density at radius 2 is 2.35 bits per heavy atom. The van der Waals surface area contributed by atoms with Crippen molar-refractivity contribution in [1.82, 2.24) is 15.2 Å². The number of benzene rings is 1. The minimum atomic E-state index is -0.339. The topological polar surface area (TPSA) is 81.2 Å². The monoisotopic (exact) mass is 354 g/mol. The standard InChI is InChI=1S/C20H26N4O2/c1-3-26-20(25)22-7-4-8-24(2)13-15-10-16(15)18-12-23-19-6-5-14(11-21)9-17(18)19/h5-6,9,12,15-16,23H,3-4,7-8,10,13H2,1-2H3,(H,22,25). The number of aromatic amines is 1. The number of nitrogens with one attached hydrogen (secondary N) is 2. The summed E-state index contributed by atoms with van der Waals surface area (Å²) in [5, 5.41) is 13.0. The van der Waals surface area contributed by atoms with Crippen molar-refractivity contribution in [3.8, 4) is 6.07 Å². The highest BCUT2D eigenvalue weighted by atomic mass is 16.5.